The molecule has 0 aliphatic rings. The molecule has 2 N–H and O–H groups in total. The van der Waals surface area contributed by atoms with Crippen molar-refractivity contribution in [3.05, 3.63) is 45.9 Å². The van der Waals surface area contributed by atoms with Gasteiger partial charge >= 0.3 is 0 Å². The van der Waals surface area contributed by atoms with Gasteiger partial charge in [-0.3, -0.25) is 9.78 Å². The van der Waals surface area contributed by atoms with Crippen LogP contribution in [0.25, 0.3) is 0 Å². The van der Waals surface area contributed by atoms with Crippen LogP contribution in [0.3, 0.4) is 0 Å². The first kappa shape index (κ1) is 13.3. The van der Waals surface area contributed by atoms with E-state index in [9.17, 15) is 4.79 Å². The molecule has 0 saturated heterocycles. The molecule has 2 aromatic rings. The van der Waals surface area contributed by atoms with Crippen LogP contribution in [-0.2, 0) is 0 Å². The number of carbonyl (C=O) groups excluding carboxylic acids is 1. The van der Waals surface area contributed by atoms with Crippen LogP contribution in [0.2, 0.25) is 0 Å². The summed E-state index contributed by atoms with van der Waals surface area (Å²) in [6, 6.07) is 5.24. The third-order valence-corrected chi connectivity index (χ3v) is 3.39. The highest BCUT2D eigenvalue weighted by Gasteiger charge is 2.09. The molecular weight excluding hydrogens is 260 g/mol. The summed E-state index contributed by atoms with van der Waals surface area (Å²) in [5.41, 5.74) is 1.66. The van der Waals surface area contributed by atoms with E-state index in [1.165, 1.54) is 11.3 Å². The molecule has 4 nitrogen and oxygen atoms in total. The Morgan fingerprint density at radius 3 is 3.05 bits per heavy atom. The summed E-state index contributed by atoms with van der Waals surface area (Å²) < 4.78 is 0. The lowest BCUT2D eigenvalue weighted by Gasteiger charge is -2.05. The number of amides is 1. The molecule has 0 spiro atoms. The van der Waals surface area contributed by atoms with Gasteiger partial charge in [-0.2, -0.15) is 0 Å². The average Bonchev–Trinajstić information content (AvgIpc) is 2.88. The van der Waals surface area contributed by atoms with Crippen LogP contribution < -0.4 is 5.32 Å². The van der Waals surface area contributed by atoms with Gasteiger partial charge in [-0.25, -0.2) is 0 Å². The van der Waals surface area contributed by atoms with Crippen LogP contribution in [0.15, 0.2) is 30.6 Å². The highest BCUT2D eigenvalue weighted by Crippen LogP contribution is 2.18. The summed E-state index contributed by atoms with van der Waals surface area (Å²) in [5.74, 6) is 5.15. The molecule has 0 fully saturated rings. The molecule has 2 rings (SSSR count). The number of pyridine rings is 1. The minimum absolute atomic E-state index is 0.170. The number of thiophene rings is 1. The average molecular weight is 272 g/mol. The maximum Gasteiger partial charge on any atom is 0.265 e. The molecule has 0 atom stereocenters. The summed E-state index contributed by atoms with van der Waals surface area (Å²) in [6.45, 7) is 1.70. The fourth-order valence-electron chi connectivity index (χ4n) is 1.45. The number of nitrogens with zero attached hydrogens (tertiary/aromatic N) is 1. The van der Waals surface area contributed by atoms with E-state index >= 15 is 0 Å². The van der Waals surface area contributed by atoms with E-state index in [0.717, 1.165) is 16.1 Å². The molecule has 0 unspecified atom stereocenters. The molecule has 0 aliphatic heterocycles. The van der Waals surface area contributed by atoms with Gasteiger partial charge in [0.1, 0.15) is 6.61 Å². The molecule has 0 bridgehead atoms. The van der Waals surface area contributed by atoms with Crippen LogP contribution in [-0.4, -0.2) is 22.6 Å². The molecule has 0 radical (unpaired) electrons. The first-order valence-corrected chi connectivity index (χ1v) is 6.44. The lowest BCUT2D eigenvalue weighted by atomic mass is 10.2. The van der Waals surface area contributed by atoms with Gasteiger partial charge in [0.05, 0.1) is 9.75 Å². The van der Waals surface area contributed by atoms with Crippen LogP contribution in [0.1, 0.15) is 20.1 Å². The maximum absolute atomic E-state index is 12.0. The van der Waals surface area contributed by atoms with Crippen molar-refractivity contribution in [2.24, 2.45) is 0 Å². The van der Waals surface area contributed by atoms with Gasteiger partial charge in [0.2, 0.25) is 0 Å². The number of rotatable bonds is 2. The van der Waals surface area contributed by atoms with Gasteiger partial charge < -0.3 is 10.4 Å². The Morgan fingerprint density at radius 2 is 2.32 bits per heavy atom. The van der Waals surface area contributed by atoms with E-state index < -0.39 is 0 Å². The summed E-state index contributed by atoms with van der Waals surface area (Å²) in [5, 5.41) is 11.4. The standard InChI is InChI=1S/C14H12N2O2S/c1-10-9-15-7-6-12(10)16-14(18)13-5-4-11(19-13)3-2-8-17/h4-7,9,17H,8H2,1H3,(H,15,16,18). The number of aliphatic hydroxyl groups is 1. The topological polar surface area (TPSA) is 62.2 Å². The van der Waals surface area contributed by atoms with E-state index in [4.69, 9.17) is 5.11 Å². The molecule has 2 heterocycles. The minimum atomic E-state index is -0.185. The number of anilines is 1. The molecule has 0 aliphatic carbocycles. The van der Waals surface area contributed by atoms with Crippen molar-refractivity contribution in [2.75, 3.05) is 11.9 Å². The second-order valence-electron chi connectivity index (χ2n) is 3.77. The number of hydrogen-bond acceptors (Lipinski definition) is 4. The SMILES string of the molecule is Cc1cnccc1NC(=O)c1ccc(C#CCO)s1. The number of hydrogen-bond donors (Lipinski definition) is 2. The van der Waals surface area contributed by atoms with Gasteiger partial charge in [-0.05, 0) is 30.7 Å². The number of carbonyl (C=O) groups is 1. The summed E-state index contributed by atoms with van der Waals surface area (Å²) in [4.78, 5) is 17.3. The Bertz CT molecular complexity index is 653. The van der Waals surface area contributed by atoms with E-state index in [0.29, 0.717) is 4.88 Å². The second kappa shape index (κ2) is 6.14. The number of aliphatic hydroxyl groups excluding tert-OH is 1. The molecule has 0 aromatic carbocycles. The Labute approximate surface area is 115 Å². The predicted molar refractivity (Wildman–Crippen MR) is 75.2 cm³/mol. The van der Waals surface area contributed by atoms with Gasteiger partial charge in [0.25, 0.3) is 5.91 Å². The van der Waals surface area contributed by atoms with E-state index in [2.05, 4.69) is 22.1 Å². The molecule has 19 heavy (non-hydrogen) atoms. The summed E-state index contributed by atoms with van der Waals surface area (Å²) in [6.07, 6.45) is 3.33. The van der Waals surface area contributed by atoms with E-state index in [1.807, 2.05) is 6.92 Å². The molecule has 96 valence electrons. The fraction of sp³-hybridized carbons (Fsp3) is 0.143. The van der Waals surface area contributed by atoms with Crippen molar-refractivity contribution in [1.82, 2.24) is 4.98 Å². The Morgan fingerprint density at radius 1 is 1.47 bits per heavy atom. The maximum atomic E-state index is 12.0. The van der Waals surface area contributed by atoms with Crippen molar-refractivity contribution in [1.29, 1.82) is 0 Å². The van der Waals surface area contributed by atoms with Crippen LogP contribution in [0, 0.1) is 18.8 Å². The smallest absolute Gasteiger partial charge is 0.265 e. The monoisotopic (exact) mass is 272 g/mol. The van der Waals surface area contributed by atoms with Crippen molar-refractivity contribution in [3.63, 3.8) is 0 Å². The minimum Gasteiger partial charge on any atom is -0.384 e. The van der Waals surface area contributed by atoms with Crippen LogP contribution in [0.4, 0.5) is 5.69 Å². The van der Waals surface area contributed by atoms with Crippen molar-refractivity contribution in [2.45, 2.75) is 6.92 Å². The van der Waals surface area contributed by atoms with Crippen molar-refractivity contribution in [3.8, 4) is 11.8 Å². The van der Waals surface area contributed by atoms with Crippen LogP contribution in [0.5, 0.6) is 0 Å². The number of aryl methyl sites for hydroxylation is 1. The first-order chi connectivity index (χ1) is 9.20. The highest BCUT2D eigenvalue weighted by atomic mass is 32.1. The molecule has 1 amide bonds. The third-order valence-electron chi connectivity index (χ3n) is 2.39. The van der Waals surface area contributed by atoms with Gasteiger partial charge in [0, 0.05) is 18.1 Å². The molecule has 2 aromatic heterocycles. The quantitative estimate of drug-likeness (QED) is 0.822. The Balaban J connectivity index is 2.12. The largest absolute Gasteiger partial charge is 0.384 e. The zero-order valence-corrected chi connectivity index (χ0v) is 11.1. The fourth-order valence-corrected chi connectivity index (χ4v) is 2.23. The normalized spacial score (nSPS) is 9.58. The molecule has 0 saturated carbocycles. The summed E-state index contributed by atoms with van der Waals surface area (Å²) in [7, 11) is 0. The Kier molecular flexibility index (Phi) is 4.29. The zero-order chi connectivity index (χ0) is 13.7. The highest BCUT2D eigenvalue weighted by molar-refractivity contribution is 7.14. The molecular formula is C14H12N2O2S. The number of aromatic nitrogens is 1. The zero-order valence-electron chi connectivity index (χ0n) is 10.3. The third kappa shape index (κ3) is 3.41. The van der Waals surface area contributed by atoms with Gasteiger partial charge in [-0.1, -0.05) is 11.8 Å². The van der Waals surface area contributed by atoms with E-state index in [1.54, 1.807) is 30.6 Å². The van der Waals surface area contributed by atoms with E-state index in [-0.39, 0.29) is 12.5 Å². The number of nitrogens with one attached hydrogen (secondary N) is 1. The Hall–Kier alpha value is -2.16. The van der Waals surface area contributed by atoms with Gasteiger partial charge in [0.15, 0.2) is 0 Å². The van der Waals surface area contributed by atoms with Crippen LogP contribution >= 0.6 is 11.3 Å². The van der Waals surface area contributed by atoms with Crippen molar-refractivity contribution >= 4 is 22.9 Å². The first-order valence-electron chi connectivity index (χ1n) is 5.62. The van der Waals surface area contributed by atoms with Gasteiger partial charge in [-0.15, -0.1) is 11.3 Å². The lowest BCUT2D eigenvalue weighted by molar-refractivity contribution is 0.103. The van der Waals surface area contributed by atoms with Crippen molar-refractivity contribution < 1.29 is 9.90 Å². The molecule has 5 heteroatoms. The second-order valence-corrected chi connectivity index (χ2v) is 4.85. The lowest BCUT2D eigenvalue weighted by Crippen LogP contribution is -2.11. The predicted octanol–water partition coefficient (Wildman–Crippen LogP) is 2.05. The summed E-state index contributed by atoms with van der Waals surface area (Å²) >= 11 is 1.29.